The summed E-state index contributed by atoms with van der Waals surface area (Å²) in [6, 6.07) is 8.32. The molecule has 0 amide bonds. The lowest BCUT2D eigenvalue weighted by Gasteiger charge is -2.14. The molecule has 1 heterocycles. The molecule has 3 heteroatoms. The van der Waals surface area contributed by atoms with E-state index in [0.29, 0.717) is 6.04 Å². The summed E-state index contributed by atoms with van der Waals surface area (Å²) < 4.78 is 0. The lowest BCUT2D eigenvalue weighted by Crippen LogP contribution is -2.18. The van der Waals surface area contributed by atoms with Gasteiger partial charge in [-0.05, 0) is 53.4 Å². The maximum absolute atomic E-state index is 5.99. The Bertz CT molecular complexity index is 492. The monoisotopic (exact) mass is 265 g/mol. The highest BCUT2D eigenvalue weighted by Crippen LogP contribution is 2.19. The van der Waals surface area contributed by atoms with Gasteiger partial charge in [-0.15, -0.1) is 0 Å². The normalized spacial score (nSPS) is 12.6. The van der Waals surface area contributed by atoms with Crippen LogP contribution in [-0.4, -0.2) is 0 Å². The van der Waals surface area contributed by atoms with E-state index in [1.165, 1.54) is 16.7 Å². The van der Waals surface area contributed by atoms with E-state index in [1.54, 1.807) is 11.3 Å². The summed E-state index contributed by atoms with van der Waals surface area (Å²) >= 11 is 7.74. The summed E-state index contributed by atoms with van der Waals surface area (Å²) in [4.78, 5) is 0. The first-order valence-electron chi connectivity index (χ1n) is 5.67. The van der Waals surface area contributed by atoms with Crippen molar-refractivity contribution in [1.29, 1.82) is 0 Å². The smallest absolute Gasteiger partial charge is 0.0409 e. The van der Waals surface area contributed by atoms with E-state index in [1.807, 2.05) is 18.2 Å². The molecule has 1 N–H and O–H groups in total. The lowest BCUT2D eigenvalue weighted by molar-refractivity contribution is 0.574. The molecule has 90 valence electrons. The largest absolute Gasteiger partial charge is 0.306 e. The van der Waals surface area contributed by atoms with Gasteiger partial charge in [0.05, 0.1) is 0 Å². The molecule has 17 heavy (non-hydrogen) atoms. The summed E-state index contributed by atoms with van der Waals surface area (Å²) in [5.74, 6) is 0. The summed E-state index contributed by atoms with van der Waals surface area (Å²) in [7, 11) is 0. The van der Waals surface area contributed by atoms with Crippen molar-refractivity contribution in [2.75, 3.05) is 0 Å². The van der Waals surface area contributed by atoms with Crippen molar-refractivity contribution in [3.63, 3.8) is 0 Å². The Morgan fingerprint density at radius 3 is 2.82 bits per heavy atom. The molecule has 1 unspecified atom stereocenters. The quantitative estimate of drug-likeness (QED) is 0.855. The molecule has 0 spiro atoms. The maximum Gasteiger partial charge on any atom is 0.0409 e. The molecule has 0 aliphatic heterocycles. The van der Waals surface area contributed by atoms with E-state index in [2.05, 4.69) is 36.0 Å². The molecular weight excluding hydrogens is 250 g/mol. The fourth-order valence-corrected chi connectivity index (χ4v) is 2.78. The molecule has 0 aliphatic rings. The molecule has 1 aromatic carbocycles. The SMILES string of the molecule is Cc1cscc1CNC(C)c1cccc(Cl)c1. The zero-order chi connectivity index (χ0) is 12.3. The predicted molar refractivity (Wildman–Crippen MR) is 75.8 cm³/mol. The number of nitrogens with one attached hydrogen (secondary N) is 1. The Hall–Kier alpha value is -0.830. The van der Waals surface area contributed by atoms with E-state index >= 15 is 0 Å². The van der Waals surface area contributed by atoms with E-state index in [0.717, 1.165) is 11.6 Å². The van der Waals surface area contributed by atoms with Crippen LogP contribution >= 0.6 is 22.9 Å². The lowest BCUT2D eigenvalue weighted by atomic mass is 10.1. The summed E-state index contributed by atoms with van der Waals surface area (Å²) in [6.07, 6.45) is 0. The van der Waals surface area contributed by atoms with Crippen LogP contribution in [0.5, 0.6) is 0 Å². The Labute approximate surface area is 111 Å². The van der Waals surface area contributed by atoms with Crippen molar-refractivity contribution >= 4 is 22.9 Å². The van der Waals surface area contributed by atoms with Crippen molar-refractivity contribution in [1.82, 2.24) is 5.32 Å². The van der Waals surface area contributed by atoms with E-state index in [4.69, 9.17) is 11.6 Å². The van der Waals surface area contributed by atoms with Crippen LogP contribution in [0.25, 0.3) is 0 Å². The van der Waals surface area contributed by atoms with Gasteiger partial charge in [-0.2, -0.15) is 11.3 Å². The fraction of sp³-hybridized carbons (Fsp3) is 0.286. The second-order valence-corrected chi connectivity index (χ2v) is 5.42. The van der Waals surface area contributed by atoms with Crippen molar-refractivity contribution in [2.45, 2.75) is 26.4 Å². The van der Waals surface area contributed by atoms with Gasteiger partial charge >= 0.3 is 0 Å². The zero-order valence-corrected chi connectivity index (χ0v) is 11.6. The molecule has 2 aromatic rings. The van der Waals surface area contributed by atoms with Gasteiger partial charge in [0.25, 0.3) is 0 Å². The minimum absolute atomic E-state index is 0.313. The average Bonchev–Trinajstić information content (AvgIpc) is 2.72. The number of hydrogen-bond donors (Lipinski definition) is 1. The molecule has 1 atom stereocenters. The van der Waals surface area contributed by atoms with Crippen LogP contribution in [-0.2, 0) is 6.54 Å². The number of benzene rings is 1. The van der Waals surface area contributed by atoms with Crippen LogP contribution in [0.2, 0.25) is 5.02 Å². The highest BCUT2D eigenvalue weighted by Gasteiger charge is 2.06. The summed E-state index contributed by atoms with van der Waals surface area (Å²) in [6.45, 7) is 5.22. The molecule has 0 bridgehead atoms. The van der Waals surface area contributed by atoms with Crippen LogP contribution in [0, 0.1) is 6.92 Å². The minimum Gasteiger partial charge on any atom is -0.306 e. The fourth-order valence-electron chi connectivity index (χ4n) is 1.72. The van der Waals surface area contributed by atoms with E-state index < -0.39 is 0 Å². The van der Waals surface area contributed by atoms with Crippen molar-refractivity contribution in [2.24, 2.45) is 0 Å². The molecule has 0 fully saturated rings. The van der Waals surface area contributed by atoms with Crippen molar-refractivity contribution in [3.8, 4) is 0 Å². The number of hydrogen-bond acceptors (Lipinski definition) is 2. The number of rotatable bonds is 4. The molecule has 1 nitrogen and oxygen atoms in total. The van der Waals surface area contributed by atoms with Gasteiger partial charge in [-0.1, -0.05) is 23.7 Å². The van der Waals surface area contributed by atoms with E-state index in [-0.39, 0.29) is 0 Å². The van der Waals surface area contributed by atoms with Crippen LogP contribution in [0.4, 0.5) is 0 Å². The highest BCUT2D eigenvalue weighted by molar-refractivity contribution is 7.08. The average molecular weight is 266 g/mol. The molecule has 0 aliphatic carbocycles. The minimum atomic E-state index is 0.313. The van der Waals surface area contributed by atoms with Crippen LogP contribution in [0.15, 0.2) is 35.0 Å². The maximum atomic E-state index is 5.99. The Balaban J connectivity index is 1.98. The Kier molecular flexibility index (Phi) is 4.21. The first-order chi connectivity index (χ1) is 8.16. The first-order valence-corrected chi connectivity index (χ1v) is 6.99. The van der Waals surface area contributed by atoms with Gasteiger partial charge in [-0.3, -0.25) is 0 Å². The third-order valence-electron chi connectivity index (χ3n) is 2.91. The predicted octanol–water partition coefficient (Wildman–Crippen LogP) is 4.56. The Morgan fingerprint density at radius 2 is 2.18 bits per heavy atom. The van der Waals surface area contributed by atoms with Gasteiger partial charge in [0.2, 0.25) is 0 Å². The number of halogens is 1. The molecule has 0 saturated carbocycles. The van der Waals surface area contributed by atoms with Gasteiger partial charge in [0, 0.05) is 17.6 Å². The Morgan fingerprint density at radius 1 is 1.35 bits per heavy atom. The molecular formula is C14H16ClNS. The van der Waals surface area contributed by atoms with Crippen LogP contribution < -0.4 is 5.32 Å². The van der Waals surface area contributed by atoms with Crippen molar-refractivity contribution < 1.29 is 0 Å². The van der Waals surface area contributed by atoms with Gasteiger partial charge in [0.15, 0.2) is 0 Å². The molecule has 0 radical (unpaired) electrons. The standard InChI is InChI=1S/C14H16ClNS/c1-10-8-17-9-13(10)7-16-11(2)12-4-3-5-14(15)6-12/h3-6,8-9,11,16H,7H2,1-2H3. The van der Waals surface area contributed by atoms with Gasteiger partial charge in [-0.25, -0.2) is 0 Å². The van der Waals surface area contributed by atoms with Crippen LogP contribution in [0.1, 0.15) is 29.7 Å². The molecule has 2 rings (SSSR count). The van der Waals surface area contributed by atoms with Gasteiger partial charge in [0.1, 0.15) is 0 Å². The zero-order valence-electron chi connectivity index (χ0n) is 10.0. The third kappa shape index (κ3) is 3.32. The number of thiophene rings is 1. The number of aryl methyl sites for hydroxylation is 1. The van der Waals surface area contributed by atoms with Crippen molar-refractivity contribution in [3.05, 3.63) is 56.7 Å². The second kappa shape index (κ2) is 5.67. The molecule has 1 aromatic heterocycles. The van der Waals surface area contributed by atoms with Crippen LogP contribution in [0.3, 0.4) is 0 Å². The highest BCUT2D eigenvalue weighted by atomic mass is 35.5. The van der Waals surface area contributed by atoms with E-state index in [9.17, 15) is 0 Å². The first kappa shape index (κ1) is 12.6. The van der Waals surface area contributed by atoms with Gasteiger partial charge < -0.3 is 5.32 Å². The third-order valence-corrected chi connectivity index (χ3v) is 4.05. The summed E-state index contributed by atoms with van der Waals surface area (Å²) in [5.41, 5.74) is 3.97. The molecule has 0 saturated heterocycles. The summed E-state index contributed by atoms with van der Waals surface area (Å²) in [5, 5.41) is 8.69. The second-order valence-electron chi connectivity index (χ2n) is 4.24. The topological polar surface area (TPSA) is 12.0 Å².